The van der Waals surface area contributed by atoms with Crippen LogP contribution < -0.4 is 0 Å². The Morgan fingerprint density at radius 2 is 0.955 bits per heavy atom. The van der Waals surface area contributed by atoms with Crippen LogP contribution >= 0.6 is 17.2 Å². The molecule has 4 aliphatic rings. The van der Waals surface area contributed by atoms with E-state index in [4.69, 9.17) is 0 Å². The van der Waals surface area contributed by atoms with Crippen molar-refractivity contribution in [3.63, 3.8) is 0 Å². The van der Waals surface area contributed by atoms with Crippen molar-refractivity contribution in [1.29, 1.82) is 0 Å². The summed E-state index contributed by atoms with van der Waals surface area (Å²) >= 11 is 0. The number of hydrogen-bond acceptors (Lipinski definition) is 0. The molecule has 0 N–H and O–H groups in total. The fourth-order valence-electron chi connectivity index (χ4n) is 6.30. The molecule has 0 aliphatic carbocycles. The zero-order valence-corrected chi connectivity index (χ0v) is 16.5. The van der Waals surface area contributed by atoms with E-state index in [1.54, 1.807) is 103 Å². The molecule has 0 saturated carbocycles. The Hall–Kier alpha value is 0.860. The Kier molecular flexibility index (Phi) is 5.20. The van der Waals surface area contributed by atoms with Gasteiger partial charge in [-0.05, 0) is 85.8 Å². The molecule has 4 rings (SSSR count). The lowest BCUT2D eigenvalue weighted by Gasteiger charge is -2.47. The summed E-state index contributed by atoms with van der Waals surface area (Å²) in [5.41, 5.74) is 2.31. The standard InChI is InChI=1S/C20H36P2/c1(11-19-13-3-7-17(21-19)8-4-14-19)2-12-20-15-5-9-18(22-20)10-6-16-20/h17-18,21-22H,1-16H2. The van der Waals surface area contributed by atoms with E-state index < -0.39 is 0 Å². The van der Waals surface area contributed by atoms with Gasteiger partial charge in [0, 0.05) is 0 Å². The van der Waals surface area contributed by atoms with Crippen molar-refractivity contribution in [3.05, 3.63) is 0 Å². The molecule has 2 unspecified atom stereocenters. The fraction of sp³-hybridized carbons (Fsp3) is 1.00. The molecule has 2 heteroatoms. The van der Waals surface area contributed by atoms with Gasteiger partial charge >= 0.3 is 0 Å². The summed E-state index contributed by atoms with van der Waals surface area (Å²) in [7, 11) is 2.68. The van der Waals surface area contributed by atoms with Crippen molar-refractivity contribution in [1.82, 2.24) is 0 Å². The van der Waals surface area contributed by atoms with E-state index in [9.17, 15) is 0 Å². The quantitative estimate of drug-likeness (QED) is 0.380. The average Bonchev–Trinajstić information content (AvgIpc) is 2.52. The molecule has 0 aromatic heterocycles. The number of unbranched alkanes of at least 4 members (excludes halogenated alkanes) is 1. The number of fused-ring (bicyclic) bond motifs is 4. The van der Waals surface area contributed by atoms with Gasteiger partial charge in [0.1, 0.15) is 0 Å². The maximum absolute atomic E-state index is 1.60. The van der Waals surface area contributed by atoms with E-state index in [0.29, 0.717) is 0 Å². The highest BCUT2D eigenvalue weighted by molar-refractivity contribution is 7.41. The highest BCUT2D eigenvalue weighted by atomic mass is 31.1. The van der Waals surface area contributed by atoms with Gasteiger partial charge in [-0.2, -0.15) is 0 Å². The molecule has 4 fully saturated rings. The molecule has 4 saturated heterocycles. The van der Waals surface area contributed by atoms with Crippen LogP contribution in [-0.4, -0.2) is 21.6 Å². The molecule has 0 radical (unpaired) electrons. The topological polar surface area (TPSA) is 0 Å². The van der Waals surface area contributed by atoms with Gasteiger partial charge in [-0.1, -0.05) is 38.5 Å². The van der Waals surface area contributed by atoms with E-state index in [-0.39, 0.29) is 0 Å². The van der Waals surface area contributed by atoms with Gasteiger partial charge in [0.25, 0.3) is 0 Å². The summed E-state index contributed by atoms with van der Waals surface area (Å²) in [6.07, 6.45) is 25.3. The first-order valence-corrected chi connectivity index (χ1v) is 12.5. The summed E-state index contributed by atoms with van der Waals surface area (Å²) in [4.78, 5) is 0. The molecule has 4 heterocycles. The first-order chi connectivity index (χ1) is 10.8. The molecule has 22 heavy (non-hydrogen) atoms. The Balaban J connectivity index is 1.25. The predicted octanol–water partition coefficient (Wildman–Crippen LogP) is 6.85. The van der Waals surface area contributed by atoms with Crippen molar-refractivity contribution in [2.24, 2.45) is 0 Å². The normalized spacial score (nSPS) is 46.9. The Bertz CT molecular complexity index is 322. The molecular formula is C20H36P2. The second-order valence-corrected chi connectivity index (χ2v) is 13.4. The average molecular weight is 338 g/mol. The molecule has 4 aliphatic heterocycles. The van der Waals surface area contributed by atoms with Gasteiger partial charge in [0.15, 0.2) is 0 Å². The lowest BCUT2D eigenvalue weighted by molar-refractivity contribution is 0.329. The van der Waals surface area contributed by atoms with Crippen LogP contribution in [0.3, 0.4) is 0 Å². The van der Waals surface area contributed by atoms with Gasteiger partial charge in [-0.3, -0.25) is 0 Å². The lowest BCUT2D eigenvalue weighted by Crippen LogP contribution is -2.35. The van der Waals surface area contributed by atoms with Crippen LogP contribution in [0.4, 0.5) is 0 Å². The van der Waals surface area contributed by atoms with Crippen LogP contribution in [0.25, 0.3) is 0 Å². The number of rotatable bonds is 5. The third kappa shape index (κ3) is 3.59. The van der Waals surface area contributed by atoms with Crippen LogP contribution in [0.15, 0.2) is 0 Å². The largest absolute Gasteiger partial charge is 0.112 e. The van der Waals surface area contributed by atoms with E-state index >= 15 is 0 Å². The molecule has 0 aromatic rings. The molecule has 2 atom stereocenters. The molecule has 126 valence electrons. The fourth-order valence-corrected chi connectivity index (χ4v) is 11.4. The first kappa shape index (κ1) is 16.3. The monoisotopic (exact) mass is 338 g/mol. The molecule has 4 bridgehead atoms. The Labute approximate surface area is 141 Å². The molecule has 0 nitrogen and oxygen atoms in total. The second kappa shape index (κ2) is 7.00. The van der Waals surface area contributed by atoms with Crippen LogP contribution in [-0.2, 0) is 0 Å². The smallest absolute Gasteiger partial charge is 0.0119 e. The van der Waals surface area contributed by atoms with Gasteiger partial charge < -0.3 is 0 Å². The third-order valence-electron chi connectivity index (χ3n) is 7.41. The molecular weight excluding hydrogens is 302 g/mol. The van der Waals surface area contributed by atoms with Crippen molar-refractivity contribution in [2.75, 3.05) is 0 Å². The summed E-state index contributed by atoms with van der Waals surface area (Å²) in [5.74, 6) is 0. The second-order valence-electron chi connectivity index (χ2n) is 9.02. The van der Waals surface area contributed by atoms with Crippen molar-refractivity contribution >= 4 is 17.2 Å². The minimum absolute atomic E-state index is 0.850. The van der Waals surface area contributed by atoms with E-state index in [0.717, 1.165) is 21.6 Å². The van der Waals surface area contributed by atoms with Crippen molar-refractivity contribution in [3.8, 4) is 0 Å². The van der Waals surface area contributed by atoms with Gasteiger partial charge in [-0.15, -0.1) is 17.2 Å². The molecule has 0 amide bonds. The van der Waals surface area contributed by atoms with E-state index in [1.165, 1.54) is 17.2 Å². The first-order valence-electron chi connectivity index (χ1n) is 10.3. The van der Waals surface area contributed by atoms with Gasteiger partial charge in [0.2, 0.25) is 0 Å². The summed E-state index contributed by atoms with van der Waals surface area (Å²) < 4.78 is 0. The van der Waals surface area contributed by atoms with Crippen LogP contribution in [0, 0.1) is 0 Å². The van der Waals surface area contributed by atoms with Crippen LogP contribution in [0.2, 0.25) is 0 Å². The minimum Gasteiger partial charge on any atom is -0.112 e. The predicted molar refractivity (Wildman–Crippen MR) is 104 cm³/mol. The molecule has 0 aromatic carbocycles. The number of hydrogen-bond donors (Lipinski definition) is 0. The van der Waals surface area contributed by atoms with E-state index in [1.807, 2.05) is 0 Å². The Morgan fingerprint density at radius 1 is 0.591 bits per heavy atom. The highest BCUT2D eigenvalue weighted by Gasteiger charge is 2.40. The SMILES string of the molecule is C(CCC12CCCC(CCC1)P2)CC12CCCC(CCC1)P2. The maximum Gasteiger partial charge on any atom is -0.0119 e. The van der Waals surface area contributed by atoms with Crippen LogP contribution in [0.1, 0.15) is 103 Å². The zero-order valence-electron chi connectivity index (χ0n) is 14.5. The third-order valence-corrected chi connectivity index (χ3v) is 12.1. The lowest BCUT2D eigenvalue weighted by atomic mass is 9.82. The highest BCUT2D eigenvalue weighted by Crippen LogP contribution is 2.58. The maximum atomic E-state index is 1.60. The van der Waals surface area contributed by atoms with E-state index in [2.05, 4.69) is 0 Å². The van der Waals surface area contributed by atoms with Crippen molar-refractivity contribution in [2.45, 2.75) is 124 Å². The summed E-state index contributed by atoms with van der Waals surface area (Å²) in [6, 6.07) is 0. The minimum atomic E-state index is 0.850. The van der Waals surface area contributed by atoms with Crippen molar-refractivity contribution < 1.29 is 0 Å². The Morgan fingerprint density at radius 3 is 1.32 bits per heavy atom. The van der Waals surface area contributed by atoms with Gasteiger partial charge in [0.05, 0.1) is 0 Å². The van der Waals surface area contributed by atoms with Crippen LogP contribution in [0.5, 0.6) is 0 Å². The summed E-state index contributed by atoms with van der Waals surface area (Å²) in [6.45, 7) is 0. The van der Waals surface area contributed by atoms with Gasteiger partial charge in [-0.25, -0.2) is 0 Å². The summed E-state index contributed by atoms with van der Waals surface area (Å²) in [5, 5.41) is 1.70. The zero-order chi connectivity index (χ0) is 14.9. The molecule has 0 spiro atoms.